The van der Waals surface area contributed by atoms with Crippen molar-refractivity contribution in [2.75, 3.05) is 11.9 Å². The van der Waals surface area contributed by atoms with Gasteiger partial charge in [-0.25, -0.2) is 9.07 Å². The van der Waals surface area contributed by atoms with Gasteiger partial charge in [0.1, 0.15) is 5.82 Å². The number of carbonyl (C=O) groups is 3. The Kier molecular flexibility index (Phi) is 6.99. The summed E-state index contributed by atoms with van der Waals surface area (Å²) in [6, 6.07) is 12.5. The lowest BCUT2D eigenvalue weighted by Gasteiger charge is -2.11. The summed E-state index contributed by atoms with van der Waals surface area (Å²) < 4.78 is 14.9. The van der Waals surface area contributed by atoms with Crippen LogP contribution in [0.5, 0.6) is 0 Å². The zero-order chi connectivity index (χ0) is 23.3. The standard InChI is InChI=1S/C23H24FN5O3/c1-14-19(15(2)29(28-14)17-9-7-16(24)8-10-17)13-22(31)27-20-6-4-3-5-18(20)23(32)26-12-11-21(25)30/h3-10H,11-13H2,1-2H3,(H2,25,30)(H,26,32)(H,27,31). The first kappa shape index (κ1) is 22.7. The summed E-state index contributed by atoms with van der Waals surface area (Å²) in [4.78, 5) is 36.0. The Morgan fingerprint density at radius 3 is 2.44 bits per heavy atom. The highest BCUT2D eigenvalue weighted by atomic mass is 19.1. The molecule has 32 heavy (non-hydrogen) atoms. The average Bonchev–Trinajstić information content (AvgIpc) is 3.02. The highest BCUT2D eigenvalue weighted by molar-refractivity contribution is 6.04. The van der Waals surface area contributed by atoms with Gasteiger partial charge in [-0.1, -0.05) is 12.1 Å². The molecule has 0 aliphatic heterocycles. The molecule has 1 heterocycles. The second kappa shape index (κ2) is 9.86. The van der Waals surface area contributed by atoms with E-state index in [1.54, 1.807) is 48.0 Å². The number of hydrogen-bond donors (Lipinski definition) is 3. The lowest BCUT2D eigenvalue weighted by Crippen LogP contribution is -2.29. The predicted octanol–water partition coefficient (Wildman–Crippen LogP) is 2.41. The number of nitrogens with two attached hydrogens (primary N) is 1. The van der Waals surface area contributed by atoms with Crippen LogP contribution in [-0.2, 0) is 16.0 Å². The number of aryl methyl sites for hydroxylation is 1. The summed E-state index contributed by atoms with van der Waals surface area (Å²) in [6.45, 7) is 3.75. The number of aromatic nitrogens is 2. The maximum Gasteiger partial charge on any atom is 0.253 e. The topological polar surface area (TPSA) is 119 Å². The summed E-state index contributed by atoms with van der Waals surface area (Å²) in [7, 11) is 0. The van der Waals surface area contributed by atoms with Crippen molar-refractivity contribution in [1.82, 2.24) is 15.1 Å². The van der Waals surface area contributed by atoms with E-state index in [1.165, 1.54) is 12.1 Å². The number of primary amides is 1. The van der Waals surface area contributed by atoms with Crippen molar-refractivity contribution >= 4 is 23.4 Å². The van der Waals surface area contributed by atoms with Crippen LogP contribution in [0.3, 0.4) is 0 Å². The van der Waals surface area contributed by atoms with Gasteiger partial charge < -0.3 is 16.4 Å². The van der Waals surface area contributed by atoms with Crippen molar-refractivity contribution in [1.29, 1.82) is 0 Å². The molecule has 0 aliphatic carbocycles. The lowest BCUT2D eigenvalue weighted by atomic mass is 10.1. The number of rotatable bonds is 8. The fourth-order valence-electron chi connectivity index (χ4n) is 3.30. The molecular weight excluding hydrogens is 413 g/mol. The Balaban J connectivity index is 1.74. The fraction of sp³-hybridized carbons (Fsp3) is 0.217. The number of amides is 3. The third kappa shape index (κ3) is 5.37. The van der Waals surface area contributed by atoms with Gasteiger partial charge in [0.25, 0.3) is 5.91 Å². The summed E-state index contributed by atoms with van der Waals surface area (Å²) in [5.74, 6) is -1.59. The van der Waals surface area contributed by atoms with E-state index in [0.29, 0.717) is 17.1 Å². The normalized spacial score (nSPS) is 10.6. The molecule has 1 aromatic heterocycles. The van der Waals surface area contributed by atoms with Crippen LogP contribution >= 0.6 is 0 Å². The van der Waals surface area contributed by atoms with Crippen molar-refractivity contribution in [3.63, 3.8) is 0 Å². The van der Waals surface area contributed by atoms with Crippen LogP contribution in [-0.4, -0.2) is 34.0 Å². The molecule has 0 saturated carbocycles. The number of anilines is 1. The molecular formula is C23H24FN5O3. The van der Waals surface area contributed by atoms with Gasteiger partial charge in [-0.05, 0) is 50.2 Å². The van der Waals surface area contributed by atoms with E-state index in [0.717, 1.165) is 11.3 Å². The minimum absolute atomic E-state index is 0.0247. The van der Waals surface area contributed by atoms with E-state index < -0.39 is 11.8 Å². The SMILES string of the molecule is Cc1nn(-c2ccc(F)cc2)c(C)c1CC(=O)Nc1ccccc1C(=O)NCCC(N)=O. The zero-order valence-corrected chi connectivity index (χ0v) is 17.8. The summed E-state index contributed by atoms with van der Waals surface area (Å²) in [5.41, 5.74) is 8.60. The van der Waals surface area contributed by atoms with Gasteiger partial charge in [0, 0.05) is 24.2 Å². The average molecular weight is 437 g/mol. The highest BCUT2D eigenvalue weighted by Gasteiger charge is 2.18. The lowest BCUT2D eigenvalue weighted by molar-refractivity contribution is -0.118. The first-order valence-electron chi connectivity index (χ1n) is 10.0. The summed E-state index contributed by atoms with van der Waals surface area (Å²) >= 11 is 0. The minimum atomic E-state index is -0.515. The Bertz CT molecular complexity index is 1150. The fourth-order valence-corrected chi connectivity index (χ4v) is 3.30. The molecule has 0 spiro atoms. The third-order valence-electron chi connectivity index (χ3n) is 4.95. The van der Waals surface area contributed by atoms with Gasteiger partial charge in [-0.15, -0.1) is 0 Å². The van der Waals surface area contributed by atoms with Gasteiger partial charge in [0.05, 0.1) is 29.1 Å². The molecule has 3 amide bonds. The van der Waals surface area contributed by atoms with Gasteiger partial charge >= 0.3 is 0 Å². The Morgan fingerprint density at radius 2 is 1.75 bits per heavy atom. The van der Waals surface area contributed by atoms with Crippen LogP contribution in [0.25, 0.3) is 5.69 Å². The summed E-state index contributed by atoms with van der Waals surface area (Å²) in [6.07, 6.45) is 0.0767. The van der Waals surface area contributed by atoms with Crippen molar-refractivity contribution < 1.29 is 18.8 Å². The van der Waals surface area contributed by atoms with Gasteiger partial charge in [-0.3, -0.25) is 14.4 Å². The van der Waals surface area contributed by atoms with Crippen LogP contribution in [0.15, 0.2) is 48.5 Å². The van der Waals surface area contributed by atoms with Crippen molar-refractivity contribution in [3.8, 4) is 5.69 Å². The molecule has 0 bridgehead atoms. The molecule has 166 valence electrons. The van der Waals surface area contributed by atoms with Crippen molar-refractivity contribution in [3.05, 3.63) is 76.9 Å². The number of nitrogens with one attached hydrogen (secondary N) is 2. The van der Waals surface area contributed by atoms with E-state index in [1.807, 2.05) is 6.92 Å². The van der Waals surface area contributed by atoms with Crippen LogP contribution in [0, 0.1) is 19.7 Å². The molecule has 4 N–H and O–H groups in total. The van der Waals surface area contributed by atoms with Crippen LogP contribution in [0.1, 0.15) is 33.7 Å². The Labute approximate surface area is 184 Å². The molecule has 0 unspecified atom stereocenters. The Hall–Kier alpha value is -4.01. The van der Waals surface area contributed by atoms with E-state index >= 15 is 0 Å². The number of carbonyl (C=O) groups excluding carboxylic acids is 3. The minimum Gasteiger partial charge on any atom is -0.370 e. The zero-order valence-electron chi connectivity index (χ0n) is 17.8. The van der Waals surface area contributed by atoms with Crippen LogP contribution in [0.4, 0.5) is 10.1 Å². The molecule has 0 fully saturated rings. The summed E-state index contributed by atoms with van der Waals surface area (Å²) in [5, 5.41) is 9.85. The highest BCUT2D eigenvalue weighted by Crippen LogP contribution is 2.20. The van der Waals surface area contributed by atoms with E-state index in [-0.39, 0.29) is 36.7 Å². The molecule has 3 rings (SSSR count). The molecule has 8 nitrogen and oxygen atoms in total. The van der Waals surface area contributed by atoms with Gasteiger partial charge in [0.15, 0.2) is 0 Å². The van der Waals surface area contributed by atoms with Crippen molar-refractivity contribution in [2.45, 2.75) is 26.7 Å². The number of benzene rings is 2. The number of hydrogen-bond acceptors (Lipinski definition) is 4. The molecule has 0 aliphatic rings. The van der Waals surface area contributed by atoms with E-state index in [4.69, 9.17) is 5.73 Å². The molecule has 3 aromatic rings. The second-order valence-corrected chi connectivity index (χ2v) is 7.28. The monoisotopic (exact) mass is 437 g/mol. The van der Waals surface area contributed by atoms with Crippen LogP contribution in [0.2, 0.25) is 0 Å². The first-order chi connectivity index (χ1) is 15.3. The van der Waals surface area contributed by atoms with Gasteiger partial charge in [0.2, 0.25) is 11.8 Å². The van der Waals surface area contributed by atoms with Gasteiger partial charge in [-0.2, -0.15) is 5.10 Å². The van der Waals surface area contributed by atoms with E-state index in [2.05, 4.69) is 15.7 Å². The number of para-hydroxylation sites is 1. The number of nitrogens with zero attached hydrogens (tertiary/aromatic N) is 2. The predicted molar refractivity (Wildman–Crippen MR) is 118 cm³/mol. The third-order valence-corrected chi connectivity index (χ3v) is 4.95. The smallest absolute Gasteiger partial charge is 0.253 e. The molecule has 0 saturated heterocycles. The maximum absolute atomic E-state index is 13.2. The molecule has 0 radical (unpaired) electrons. The van der Waals surface area contributed by atoms with Crippen molar-refractivity contribution in [2.24, 2.45) is 5.73 Å². The first-order valence-corrected chi connectivity index (χ1v) is 10.0. The molecule has 0 atom stereocenters. The largest absolute Gasteiger partial charge is 0.370 e. The van der Waals surface area contributed by atoms with Crippen LogP contribution < -0.4 is 16.4 Å². The molecule has 2 aromatic carbocycles. The maximum atomic E-state index is 13.2. The Morgan fingerprint density at radius 1 is 1.06 bits per heavy atom. The number of halogens is 1. The molecule has 9 heteroatoms. The second-order valence-electron chi connectivity index (χ2n) is 7.28. The quantitative estimate of drug-likeness (QED) is 0.501. The van der Waals surface area contributed by atoms with E-state index in [9.17, 15) is 18.8 Å².